The minimum Gasteiger partial charge on any atom is -0.309 e. The Kier molecular flexibility index (Phi) is 4.55. The number of nitrogens with one attached hydrogen (secondary N) is 1. The molecule has 0 amide bonds. The van der Waals surface area contributed by atoms with Gasteiger partial charge in [-0.1, -0.05) is 13.3 Å². The summed E-state index contributed by atoms with van der Waals surface area (Å²) in [7, 11) is 0. The molecule has 1 heterocycles. The lowest BCUT2D eigenvalue weighted by atomic mass is 10.2. The first-order chi connectivity index (χ1) is 6.63. The maximum absolute atomic E-state index is 4.41. The van der Waals surface area contributed by atoms with Crippen LogP contribution in [0.25, 0.3) is 0 Å². The van der Waals surface area contributed by atoms with Crippen LogP contribution in [0.15, 0.2) is 0 Å². The van der Waals surface area contributed by atoms with E-state index in [2.05, 4.69) is 38.0 Å². The zero-order valence-corrected chi connectivity index (χ0v) is 10.4. The second kappa shape index (κ2) is 5.47. The second-order valence-electron chi connectivity index (χ2n) is 3.81. The topological polar surface area (TPSA) is 24.9 Å². The second-order valence-corrected chi connectivity index (χ2v) is 5.10. The van der Waals surface area contributed by atoms with Crippen molar-refractivity contribution in [1.29, 1.82) is 0 Å². The summed E-state index contributed by atoms with van der Waals surface area (Å²) in [6, 6.07) is 0.613. The summed E-state index contributed by atoms with van der Waals surface area (Å²) in [4.78, 5) is 5.79. The van der Waals surface area contributed by atoms with E-state index in [1.54, 1.807) is 11.3 Å². The number of aromatic nitrogens is 1. The van der Waals surface area contributed by atoms with Crippen LogP contribution in [0.5, 0.6) is 0 Å². The van der Waals surface area contributed by atoms with Crippen molar-refractivity contribution >= 4 is 11.3 Å². The SMILES string of the molecule is CCCC(C)NCc1sc(C)nc1C. The van der Waals surface area contributed by atoms with Crippen LogP contribution < -0.4 is 5.32 Å². The normalized spacial score (nSPS) is 13.1. The molecule has 0 aliphatic rings. The Morgan fingerprint density at radius 2 is 2.14 bits per heavy atom. The maximum atomic E-state index is 4.41. The van der Waals surface area contributed by atoms with Crippen LogP contribution in [0.3, 0.4) is 0 Å². The van der Waals surface area contributed by atoms with Crippen molar-refractivity contribution in [3.05, 3.63) is 15.6 Å². The average molecular weight is 212 g/mol. The molecule has 1 aromatic rings. The third-order valence-corrected chi connectivity index (χ3v) is 3.41. The first-order valence-corrected chi connectivity index (χ1v) is 6.11. The molecule has 1 aromatic heterocycles. The monoisotopic (exact) mass is 212 g/mol. The van der Waals surface area contributed by atoms with Crippen molar-refractivity contribution < 1.29 is 0 Å². The van der Waals surface area contributed by atoms with Gasteiger partial charge in [-0.25, -0.2) is 4.98 Å². The molecule has 2 nitrogen and oxygen atoms in total. The number of aryl methyl sites for hydroxylation is 2. The Morgan fingerprint density at radius 1 is 1.43 bits per heavy atom. The van der Waals surface area contributed by atoms with Gasteiger partial charge in [-0.05, 0) is 27.2 Å². The van der Waals surface area contributed by atoms with E-state index < -0.39 is 0 Å². The van der Waals surface area contributed by atoms with E-state index in [4.69, 9.17) is 0 Å². The summed E-state index contributed by atoms with van der Waals surface area (Å²) < 4.78 is 0. The first kappa shape index (κ1) is 11.7. The molecule has 0 aliphatic heterocycles. The minimum absolute atomic E-state index is 0.613. The molecule has 1 atom stereocenters. The fourth-order valence-corrected chi connectivity index (χ4v) is 2.43. The molecule has 80 valence electrons. The highest BCUT2D eigenvalue weighted by Gasteiger charge is 2.05. The molecule has 0 saturated heterocycles. The van der Waals surface area contributed by atoms with E-state index in [1.165, 1.54) is 28.4 Å². The molecular formula is C11H20N2S. The van der Waals surface area contributed by atoms with Crippen LogP contribution in [-0.4, -0.2) is 11.0 Å². The number of thiazole rings is 1. The molecule has 0 spiro atoms. The molecule has 1 N–H and O–H groups in total. The van der Waals surface area contributed by atoms with Gasteiger partial charge in [-0.2, -0.15) is 0 Å². The quantitative estimate of drug-likeness (QED) is 0.811. The van der Waals surface area contributed by atoms with E-state index >= 15 is 0 Å². The Balaban J connectivity index is 2.41. The van der Waals surface area contributed by atoms with E-state index in [0.29, 0.717) is 6.04 Å². The average Bonchev–Trinajstić information content (AvgIpc) is 2.42. The van der Waals surface area contributed by atoms with Crippen molar-refractivity contribution in [3.63, 3.8) is 0 Å². The predicted octanol–water partition coefficient (Wildman–Crippen LogP) is 3.04. The Bertz CT molecular complexity index is 281. The van der Waals surface area contributed by atoms with Crippen molar-refractivity contribution in [1.82, 2.24) is 10.3 Å². The van der Waals surface area contributed by atoms with Crippen molar-refractivity contribution in [2.75, 3.05) is 0 Å². The number of nitrogens with zero attached hydrogens (tertiary/aromatic N) is 1. The van der Waals surface area contributed by atoms with Crippen molar-refractivity contribution in [3.8, 4) is 0 Å². The Hall–Kier alpha value is -0.410. The van der Waals surface area contributed by atoms with Gasteiger partial charge in [0.15, 0.2) is 0 Å². The smallest absolute Gasteiger partial charge is 0.0900 e. The molecular weight excluding hydrogens is 192 g/mol. The zero-order chi connectivity index (χ0) is 10.6. The lowest BCUT2D eigenvalue weighted by Gasteiger charge is -2.11. The minimum atomic E-state index is 0.613. The summed E-state index contributed by atoms with van der Waals surface area (Å²) in [6.45, 7) is 9.59. The fourth-order valence-electron chi connectivity index (χ4n) is 1.54. The highest BCUT2D eigenvalue weighted by atomic mass is 32.1. The van der Waals surface area contributed by atoms with E-state index in [-0.39, 0.29) is 0 Å². The lowest BCUT2D eigenvalue weighted by molar-refractivity contribution is 0.510. The lowest BCUT2D eigenvalue weighted by Crippen LogP contribution is -2.24. The highest BCUT2D eigenvalue weighted by Crippen LogP contribution is 2.16. The van der Waals surface area contributed by atoms with Gasteiger partial charge in [-0.3, -0.25) is 0 Å². The molecule has 0 radical (unpaired) electrons. The molecule has 3 heteroatoms. The van der Waals surface area contributed by atoms with Gasteiger partial charge in [-0.15, -0.1) is 11.3 Å². The van der Waals surface area contributed by atoms with Crippen molar-refractivity contribution in [2.24, 2.45) is 0 Å². The summed E-state index contributed by atoms with van der Waals surface area (Å²) >= 11 is 1.80. The van der Waals surface area contributed by atoms with E-state index in [1.807, 2.05) is 0 Å². The van der Waals surface area contributed by atoms with Gasteiger partial charge in [0.2, 0.25) is 0 Å². The third kappa shape index (κ3) is 3.39. The van der Waals surface area contributed by atoms with Crippen LogP contribution in [-0.2, 0) is 6.54 Å². The van der Waals surface area contributed by atoms with Gasteiger partial charge in [0.25, 0.3) is 0 Å². The van der Waals surface area contributed by atoms with Crippen LogP contribution in [0.1, 0.15) is 42.3 Å². The molecule has 0 aromatic carbocycles. The van der Waals surface area contributed by atoms with E-state index in [0.717, 1.165) is 6.54 Å². The maximum Gasteiger partial charge on any atom is 0.0900 e. The standard InChI is InChI=1S/C11H20N2S/c1-5-6-8(2)12-7-11-9(3)13-10(4)14-11/h8,12H,5-7H2,1-4H3. The number of rotatable bonds is 5. The van der Waals surface area contributed by atoms with Crippen LogP contribution in [0.4, 0.5) is 0 Å². The van der Waals surface area contributed by atoms with Crippen LogP contribution >= 0.6 is 11.3 Å². The van der Waals surface area contributed by atoms with E-state index in [9.17, 15) is 0 Å². The van der Waals surface area contributed by atoms with Gasteiger partial charge in [0.05, 0.1) is 10.7 Å². The molecule has 1 rings (SSSR count). The Morgan fingerprint density at radius 3 is 2.64 bits per heavy atom. The zero-order valence-electron chi connectivity index (χ0n) is 9.55. The van der Waals surface area contributed by atoms with Gasteiger partial charge in [0, 0.05) is 17.5 Å². The first-order valence-electron chi connectivity index (χ1n) is 5.29. The summed E-state index contributed by atoms with van der Waals surface area (Å²) in [5.74, 6) is 0. The summed E-state index contributed by atoms with van der Waals surface area (Å²) in [6.07, 6.45) is 2.49. The molecule has 0 saturated carbocycles. The molecule has 1 unspecified atom stereocenters. The molecule has 0 bridgehead atoms. The number of hydrogen-bond donors (Lipinski definition) is 1. The van der Waals surface area contributed by atoms with Crippen LogP contribution in [0, 0.1) is 13.8 Å². The largest absolute Gasteiger partial charge is 0.309 e. The molecule has 14 heavy (non-hydrogen) atoms. The van der Waals surface area contributed by atoms with Crippen molar-refractivity contribution in [2.45, 2.75) is 53.1 Å². The predicted molar refractivity (Wildman–Crippen MR) is 62.8 cm³/mol. The fraction of sp³-hybridized carbons (Fsp3) is 0.727. The third-order valence-electron chi connectivity index (χ3n) is 2.33. The number of hydrogen-bond acceptors (Lipinski definition) is 3. The summed E-state index contributed by atoms with van der Waals surface area (Å²) in [5.41, 5.74) is 1.18. The molecule has 0 fully saturated rings. The van der Waals surface area contributed by atoms with Crippen LogP contribution in [0.2, 0.25) is 0 Å². The van der Waals surface area contributed by atoms with Gasteiger partial charge >= 0.3 is 0 Å². The van der Waals surface area contributed by atoms with Gasteiger partial charge < -0.3 is 5.32 Å². The Labute approximate surface area is 90.8 Å². The highest BCUT2D eigenvalue weighted by molar-refractivity contribution is 7.11. The molecule has 0 aliphatic carbocycles. The summed E-state index contributed by atoms with van der Waals surface area (Å²) in [5, 5.41) is 4.69. The van der Waals surface area contributed by atoms with Gasteiger partial charge in [0.1, 0.15) is 0 Å².